The van der Waals surface area contributed by atoms with Gasteiger partial charge in [-0.15, -0.1) is 0 Å². The highest BCUT2D eigenvalue weighted by Crippen LogP contribution is 2.36. The fourth-order valence-electron chi connectivity index (χ4n) is 1.98. The van der Waals surface area contributed by atoms with Gasteiger partial charge in [0.25, 0.3) is 0 Å². The van der Waals surface area contributed by atoms with Crippen molar-refractivity contribution in [2.24, 2.45) is 0 Å². The van der Waals surface area contributed by atoms with Crippen LogP contribution in [0.25, 0.3) is 0 Å². The number of hydrogen-bond donors (Lipinski definition) is 0. The first kappa shape index (κ1) is 14.0. The average Bonchev–Trinajstić information content (AvgIpc) is 2.57. The second-order valence-electron chi connectivity index (χ2n) is 5.78. The van der Waals surface area contributed by atoms with Crippen LogP contribution in [0.2, 0.25) is 0 Å². The summed E-state index contributed by atoms with van der Waals surface area (Å²) in [4.78, 5) is 4.50. The lowest BCUT2D eigenvalue weighted by Gasteiger charge is -2.32. The number of pyridine rings is 1. The Morgan fingerprint density at radius 3 is 2.26 bits per heavy atom. The van der Waals surface area contributed by atoms with Gasteiger partial charge in [0, 0.05) is 0 Å². The lowest BCUT2D eigenvalue weighted by Crippen LogP contribution is -2.41. The normalized spacial score (nSPS) is 20.3. The summed E-state index contributed by atoms with van der Waals surface area (Å²) < 4.78 is 11.9. The predicted octanol–water partition coefficient (Wildman–Crippen LogP) is 1.81. The van der Waals surface area contributed by atoms with Crippen molar-refractivity contribution in [3.8, 4) is 6.07 Å². The standard InChI is InChI=1S/C14H19BN2O2/c1-6-11-10(9-16)7-8-12(17-11)15-18-13(2,3)14(4,5)19-15/h7-8H,6H2,1-5H3. The van der Waals surface area contributed by atoms with Crippen molar-refractivity contribution in [2.75, 3.05) is 0 Å². The molecule has 0 saturated carbocycles. The fraction of sp³-hybridized carbons (Fsp3) is 0.571. The molecule has 1 saturated heterocycles. The molecule has 0 aliphatic carbocycles. The van der Waals surface area contributed by atoms with E-state index in [1.807, 2.05) is 34.6 Å². The number of aryl methyl sites for hydroxylation is 1. The zero-order chi connectivity index (χ0) is 14.3. The van der Waals surface area contributed by atoms with E-state index in [1.54, 1.807) is 12.1 Å². The molecule has 1 aliphatic heterocycles. The molecule has 100 valence electrons. The highest BCUT2D eigenvalue weighted by Gasteiger charge is 2.52. The van der Waals surface area contributed by atoms with Crippen LogP contribution in [-0.2, 0) is 15.7 Å². The molecule has 0 bridgehead atoms. The monoisotopic (exact) mass is 258 g/mol. The van der Waals surface area contributed by atoms with Crippen molar-refractivity contribution < 1.29 is 9.31 Å². The van der Waals surface area contributed by atoms with Gasteiger partial charge in [-0.3, -0.25) is 4.98 Å². The topological polar surface area (TPSA) is 55.1 Å². The van der Waals surface area contributed by atoms with Gasteiger partial charge >= 0.3 is 7.12 Å². The van der Waals surface area contributed by atoms with E-state index in [9.17, 15) is 0 Å². The van der Waals surface area contributed by atoms with Crippen LogP contribution in [0.15, 0.2) is 12.1 Å². The SMILES string of the molecule is CCc1nc(B2OC(C)(C)C(C)(C)O2)ccc1C#N. The first-order valence-corrected chi connectivity index (χ1v) is 6.56. The Morgan fingerprint density at radius 2 is 1.79 bits per heavy atom. The molecule has 0 radical (unpaired) electrons. The molecule has 0 spiro atoms. The molecule has 1 fully saturated rings. The van der Waals surface area contributed by atoms with E-state index < -0.39 is 7.12 Å². The van der Waals surface area contributed by atoms with Gasteiger partial charge in [-0.25, -0.2) is 0 Å². The van der Waals surface area contributed by atoms with Gasteiger partial charge in [-0.1, -0.05) is 6.92 Å². The first-order valence-electron chi connectivity index (χ1n) is 6.56. The van der Waals surface area contributed by atoms with Gasteiger partial charge in [0.05, 0.1) is 28.1 Å². The molecule has 0 unspecified atom stereocenters. The maximum atomic E-state index is 9.02. The summed E-state index contributed by atoms with van der Waals surface area (Å²) in [7, 11) is -0.469. The number of hydrogen-bond acceptors (Lipinski definition) is 4. The zero-order valence-corrected chi connectivity index (χ0v) is 12.2. The summed E-state index contributed by atoms with van der Waals surface area (Å²) in [6.45, 7) is 10.0. The molecule has 0 atom stereocenters. The maximum Gasteiger partial charge on any atom is 0.514 e. The molecular weight excluding hydrogens is 239 g/mol. The Bertz CT molecular complexity index is 519. The fourth-order valence-corrected chi connectivity index (χ4v) is 1.98. The van der Waals surface area contributed by atoms with Crippen molar-refractivity contribution in [1.82, 2.24) is 4.98 Å². The summed E-state index contributed by atoms with van der Waals surface area (Å²) in [5, 5.41) is 9.02. The molecule has 1 aromatic heterocycles. The van der Waals surface area contributed by atoms with Crippen LogP contribution in [0.5, 0.6) is 0 Å². The van der Waals surface area contributed by atoms with E-state index in [1.165, 1.54) is 0 Å². The van der Waals surface area contributed by atoms with Crippen molar-refractivity contribution >= 4 is 12.7 Å². The Morgan fingerprint density at radius 1 is 1.21 bits per heavy atom. The molecule has 1 aromatic rings. The summed E-state index contributed by atoms with van der Waals surface area (Å²) in [6.07, 6.45) is 0.718. The Balaban J connectivity index is 2.33. The zero-order valence-electron chi connectivity index (χ0n) is 12.2. The Hall–Kier alpha value is -1.38. The third-order valence-corrected chi connectivity index (χ3v) is 3.95. The molecule has 2 heterocycles. The van der Waals surface area contributed by atoms with Crippen LogP contribution in [0.4, 0.5) is 0 Å². The molecule has 19 heavy (non-hydrogen) atoms. The van der Waals surface area contributed by atoms with Crippen molar-refractivity contribution in [2.45, 2.75) is 52.2 Å². The van der Waals surface area contributed by atoms with E-state index in [0.717, 1.165) is 17.7 Å². The van der Waals surface area contributed by atoms with Gasteiger partial charge < -0.3 is 9.31 Å². The van der Waals surface area contributed by atoms with Crippen LogP contribution >= 0.6 is 0 Å². The summed E-state index contributed by atoms with van der Waals surface area (Å²) in [5.41, 5.74) is 1.38. The molecule has 0 aromatic carbocycles. The number of nitrogens with zero attached hydrogens (tertiary/aromatic N) is 2. The summed E-state index contributed by atoms with van der Waals surface area (Å²) in [5.74, 6) is 0. The minimum atomic E-state index is -0.469. The lowest BCUT2D eigenvalue weighted by molar-refractivity contribution is 0.00578. The van der Waals surface area contributed by atoms with Crippen molar-refractivity contribution in [1.29, 1.82) is 5.26 Å². The van der Waals surface area contributed by atoms with Gasteiger partial charge in [0.15, 0.2) is 0 Å². The third-order valence-electron chi connectivity index (χ3n) is 3.95. The predicted molar refractivity (Wildman–Crippen MR) is 74.0 cm³/mol. The van der Waals surface area contributed by atoms with Gasteiger partial charge in [-0.2, -0.15) is 5.26 Å². The highest BCUT2D eigenvalue weighted by atomic mass is 16.7. The molecule has 0 N–H and O–H groups in total. The number of aromatic nitrogens is 1. The maximum absolute atomic E-state index is 9.02. The molecule has 2 rings (SSSR count). The van der Waals surface area contributed by atoms with E-state index in [2.05, 4.69) is 11.1 Å². The number of nitriles is 1. The van der Waals surface area contributed by atoms with Crippen LogP contribution in [0.3, 0.4) is 0 Å². The first-order chi connectivity index (χ1) is 8.80. The molecular formula is C14H19BN2O2. The van der Waals surface area contributed by atoms with E-state index in [4.69, 9.17) is 14.6 Å². The van der Waals surface area contributed by atoms with E-state index in [-0.39, 0.29) is 11.2 Å². The quantitative estimate of drug-likeness (QED) is 0.759. The van der Waals surface area contributed by atoms with Crippen molar-refractivity contribution in [3.63, 3.8) is 0 Å². The third kappa shape index (κ3) is 2.38. The van der Waals surface area contributed by atoms with E-state index >= 15 is 0 Å². The van der Waals surface area contributed by atoms with Crippen LogP contribution < -0.4 is 5.59 Å². The van der Waals surface area contributed by atoms with Crippen LogP contribution in [-0.4, -0.2) is 23.3 Å². The van der Waals surface area contributed by atoms with Gasteiger partial charge in [0.1, 0.15) is 6.07 Å². The summed E-state index contributed by atoms with van der Waals surface area (Å²) in [6, 6.07) is 5.74. The minimum absolute atomic E-state index is 0.375. The smallest absolute Gasteiger partial charge is 0.398 e. The van der Waals surface area contributed by atoms with Crippen LogP contribution in [0, 0.1) is 11.3 Å². The van der Waals surface area contributed by atoms with E-state index in [0.29, 0.717) is 5.56 Å². The van der Waals surface area contributed by atoms with Crippen molar-refractivity contribution in [3.05, 3.63) is 23.4 Å². The van der Waals surface area contributed by atoms with Gasteiger partial charge in [0.2, 0.25) is 0 Å². The minimum Gasteiger partial charge on any atom is -0.398 e. The summed E-state index contributed by atoms with van der Waals surface area (Å²) >= 11 is 0. The number of rotatable bonds is 2. The highest BCUT2D eigenvalue weighted by molar-refractivity contribution is 6.61. The molecule has 0 amide bonds. The lowest BCUT2D eigenvalue weighted by atomic mass is 9.83. The molecule has 4 nitrogen and oxygen atoms in total. The second kappa shape index (κ2) is 4.62. The van der Waals surface area contributed by atoms with Gasteiger partial charge in [-0.05, 0) is 46.2 Å². The largest absolute Gasteiger partial charge is 0.514 e. The second-order valence-corrected chi connectivity index (χ2v) is 5.78. The Kier molecular flexibility index (Phi) is 3.42. The van der Waals surface area contributed by atoms with Crippen LogP contribution in [0.1, 0.15) is 45.9 Å². The molecule has 5 heteroatoms. The average molecular weight is 258 g/mol. The molecule has 1 aliphatic rings. The Labute approximate surface area is 114 Å².